The molecule has 116 valence electrons. The first-order valence-corrected chi connectivity index (χ1v) is 7.81. The van der Waals surface area contributed by atoms with Crippen LogP contribution in [0, 0.1) is 69.6 Å². The van der Waals surface area contributed by atoms with Crippen LogP contribution in [0.4, 0.5) is 0 Å². The van der Waals surface area contributed by atoms with Crippen LogP contribution in [0.1, 0.15) is 17.9 Å². The summed E-state index contributed by atoms with van der Waals surface area (Å²) in [5, 5.41) is 0.744. The van der Waals surface area contributed by atoms with Crippen LogP contribution in [0.3, 0.4) is 0 Å². The van der Waals surface area contributed by atoms with Gasteiger partial charge in [0, 0.05) is 16.9 Å². The molecule has 23 heavy (non-hydrogen) atoms. The van der Waals surface area contributed by atoms with Crippen LogP contribution in [-0.2, 0) is 21.9 Å². The maximum atomic E-state index is 12.1. The van der Waals surface area contributed by atoms with Gasteiger partial charge in [0.05, 0.1) is 0 Å². The summed E-state index contributed by atoms with van der Waals surface area (Å²) in [7, 11) is 0. The molecular formula is C20H17ClFeO+2. The summed E-state index contributed by atoms with van der Waals surface area (Å²) in [6.07, 6.45) is 18.6. The minimum atomic E-state index is 0. The number of hydrogen-bond acceptors (Lipinski definition) is 1. The third kappa shape index (κ3) is 5.34. The number of Topliss-reactive ketones (excluding diaryl/α,β-unsaturated/α-hetero) is 1. The van der Waals surface area contributed by atoms with Crippen molar-refractivity contribution < 1.29 is 21.9 Å². The molecule has 1 nitrogen and oxygen atoms in total. The summed E-state index contributed by atoms with van der Waals surface area (Å²) < 4.78 is 0. The minimum absolute atomic E-state index is 0. The summed E-state index contributed by atoms with van der Waals surface area (Å²) in [6, 6.07) is 7.81. The van der Waals surface area contributed by atoms with E-state index in [1.165, 1.54) is 5.56 Å². The molecule has 3 aliphatic rings. The second-order valence-corrected chi connectivity index (χ2v) is 5.94. The van der Waals surface area contributed by atoms with Gasteiger partial charge in [0.15, 0.2) is 0 Å². The molecule has 0 aliphatic heterocycles. The van der Waals surface area contributed by atoms with Crippen molar-refractivity contribution in [3.63, 3.8) is 0 Å². The molecule has 2 atom stereocenters. The Morgan fingerprint density at radius 1 is 0.870 bits per heavy atom. The number of benzene rings is 1. The van der Waals surface area contributed by atoms with Crippen molar-refractivity contribution in [2.24, 2.45) is 5.92 Å². The molecule has 1 aromatic carbocycles. The molecule has 0 saturated heterocycles. The van der Waals surface area contributed by atoms with E-state index in [2.05, 4.69) is 0 Å². The fourth-order valence-electron chi connectivity index (χ4n) is 2.64. The van der Waals surface area contributed by atoms with Crippen molar-refractivity contribution in [3.8, 4) is 0 Å². The van der Waals surface area contributed by atoms with Gasteiger partial charge in [0.1, 0.15) is 5.78 Å². The van der Waals surface area contributed by atoms with E-state index >= 15 is 0 Å². The van der Waals surface area contributed by atoms with Crippen LogP contribution >= 0.6 is 11.6 Å². The molecule has 2 unspecified atom stereocenters. The van der Waals surface area contributed by atoms with Gasteiger partial charge in [-0.25, -0.2) is 0 Å². The van der Waals surface area contributed by atoms with E-state index in [1.807, 2.05) is 82.1 Å². The van der Waals surface area contributed by atoms with Crippen molar-refractivity contribution in [1.82, 2.24) is 0 Å². The quantitative estimate of drug-likeness (QED) is 0.725. The Balaban J connectivity index is 0.000000276. The number of hydrogen-bond donors (Lipinski definition) is 0. The summed E-state index contributed by atoms with van der Waals surface area (Å²) in [6.45, 7) is 0. The number of ketones is 1. The number of carbonyl (C=O) groups excluding carboxylic acids is 1. The third-order valence-corrected chi connectivity index (χ3v) is 4.18. The first-order chi connectivity index (χ1) is 10.8. The van der Waals surface area contributed by atoms with E-state index in [9.17, 15) is 4.79 Å². The average molecular weight is 365 g/mol. The van der Waals surface area contributed by atoms with E-state index in [0.717, 1.165) is 17.4 Å². The van der Waals surface area contributed by atoms with Crippen LogP contribution in [0.15, 0.2) is 24.3 Å². The Morgan fingerprint density at radius 3 is 1.91 bits per heavy atom. The maximum absolute atomic E-state index is 12.1. The van der Waals surface area contributed by atoms with Crippen LogP contribution in [-0.4, -0.2) is 5.78 Å². The van der Waals surface area contributed by atoms with E-state index < -0.39 is 0 Å². The van der Waals surface area contributed by atoms with E-state index in [-0.39, 0.29) is 28.8 Å². The van der Waals surface area contributed by atoms with E-state index in [0.29, 0.717) is 5.92 Å². The maximum Gasteiger partial charge on any atom is 2.00 e. The molecule has 0 N–H and O–H groups in total. The summed E-state index contributed by atoms with van der Waals surface area (Å²) in [5.41, 5.74) is 1.22. The summed E-state index contributed by atoms with van der Waals surface area (Å²) >= 11 is 5.85. The van der Waals surface area contributed by atoms with Crippen LogP contribution < -0.4 is 0 Å². The van der Waals surface area contributed by atoms with Gasteiger partial charge in [-0.1, -0.05) is 23.7 Å². The molecule has 0 spiro atoms. The fourth-order valence-corrected chi connectivity index (χ4v) is 2.76. The van der Waals surface area contributed by atoms with Gasteiger partial charge in [-0.3, -0.25) is 4.79 Å². The Kier molecular flexibility index (Phi) is 7.66. The zero-order chi connectivity index (χ0) is 15.4. The summed E-state index contributed by atoms with van der Waals surface area (Å²) in [4.78, 5) is 12.1. The van der Waals surface area contributed by atoms with Gasteiger partial charge in [0.25, 0.3) is 0 Å². The Hall–Kier alpha value is -0.301. The zero-order valence-corrected chi connectivity index (χ0v) is 14.4. The van der Waals surface area contributed by atoms with Crippen molar-refractivity contribution >= 4 is 17.4 Å². The van der Waals surface area contributed by atoms with Crippen molar-refractivity contribution in [2.45, 2.75) is 12.3 Å². The van der Waals surface area contributed by atoms with Crippen LogP contribution in [0.25, 0.3) is 0 Å². The molecule has 0 heterocycles. The third-order valence-electron chi connectivity index (χ3n) is 3.93. The van der Waals surface area contributed by atoms with Gasteiger partial charge in [-0.05, 0) is 87.8 Å². The normalized spacial score (nSPS) is 26.1. The van der Waals surface area contributed by atoms with E-state index in [4.69, 9.17) is 11.6 Å². The molecule has 1 aromatic rings. The summed E-state index contributed by atoms with van der Waals surface area (Å²) in [5.74, 6) is 1.66. The molecule has 4 rings (SSSR count). The molecule has 3 aliphatic carbocycles. The average Bonchev–Trinajstić information content (AvgIpc) is 3.00. The van der Waals surface area contributed by atoms with Crippen molar-refractivity contribution in [3.05, 3.63) is 98.6 Å². The van der Waals surface area contributed by atoms with Crippen molar-refractivity contribution in [1.29, 1.82) is 0 Å². The van der Waals surface area contributed by atoms with E-state index in [1.54, 1.807) is 0 Å². The zero-order valence-electron chi connectivity index (χ0n) is 12.5. The van der Waals surface area contributed by atoms with Gasteiger partial charge >= 0.3 is 17.1 Å². The van der Waals surface area contributed by atoms with Crippen molar-refractivity contribution in [2.75, 3.05) is 0 Å². The smallest absolute Gasteiger partial charge is 0.299 e. The number of carbonyl (C=O) groups is 1. The molecule has 3 saturated carbocycles. The van der Waals surface area contributed by atoms with Gasteiger partial charge in [-0.2, -0.15) is 0 Å². The predicted octanol–water partition coefficient (Wildman–Crippen LogP) is 4.44. The van der Waals surface area contributed by atoms with Crippen LogP contribution in [0.5, 0.6) is 0 Å². The van der Waals surface area contributed by atoms with Gasteiger partial charge in [0.2, 0.25) is 0 Å². The minimum Gasteiger partial charge on any atom is -0.299 e. The first kappa shape index (κ1) is 19.0. The van der Waals surface area contributed by atoms with Gasteiger partial charge in [-0.15, -0.1) is 0 Å². The number of halogens is 1. The molecule has 0 aromatic heterocycles. The second kappa shape index (κ2) is 9.25. The SMILES string of the molecule is O=C([C]1[CH][CH][CH][CH]1)C1CC1c1ccc(Cl)cc1.[CH]1[CH][CH][CH][CH]1.[Fe+2]. The molecule has 0 amide bonds. The number of rotatable bonds is 3. The Bertz CT molecular complexity index is 481. The topological polar surface area (TPSA) is 17.1 Å². The molecule has 3 fully saturated rings. The molecule has 0 bridgehead atoms. The largest absolute Gasteiger partial charge is 2.00 e. The molecule has 10 radical (unpaired) electrons. The first-order valence-electron chi connectivity index (χ1n) is 7.44. The fraction of sp³-hybridized carbons (Fsp3) is 0.150. The monoisotopic (exact) mass is 364 g/mol. The Morgan fingerprint density at radius 2 is 1.39 bits per heavy atom. The predicted molar refractivity (Wildman–Crippen MR) is 89.3 cm³/mol. The second-order valence-electron chi connectivity index (χ2n) is 5.50. The van der Waals surface area contributed by atoms with Crippen LogP contribution in [0.2, 0.25) is 5.02 Å². The molecule has 3 heteroatoms. The van der Waals surface area contributed by atoms with Gasteiger partial charge < -0.3 is 0 Å². The standard InChI is InChI=1S/C15H12ClO.C5H5.Fe/c16-12-7-5-10(6-8-12)13-9-14(13)15(17)11-3-1-2-4-11;1-2-4-5-3-1;/h1-8,13-14H,9H2;1-5H;/q;;+2. The Labute approximate surface area is 156 Å². The molecular weight excluding hydrogens is 348 g/mol.